The second kappa shape index (κ2) is 18.9. The molecule has 0 heterocycles. The Balaban J connectivity index is -0.000000411. The van der Waals surface area contributed by atoms with E-state index in [4.69, 9.17) is 0 Å². The molecule has 8 nitrogen and oxygen atoms in total. The van der Waals surface area contributed by atoms with Gasteiger partial charge in [0.1, 0.15) is 0 Å². The SMILES string of the molecule is CCCCC(CC)COP(=O)([O-])[O-].CCCCC(CC)COP(=O)([O-])[O-].[Mo+4]. The summed E-state index contributed by atoms with van der Waals surface area (Å²) in [6.07, 6.45) is 7.78. The monoisotopic (exact) mass is 514 g/mol. The minimum Gasteiger partial charge on any atom is -0.790 e. The van der Waals surface area contributed by atoms with Gasteiger partial charge in [0.2, 0.25) is 0 Å². The normalized spacial score (nSPS) is 13.9. The van der Waals surface area contributed by atoms with Gasteiger partial charge < -0.3 is 37.8 Å². The van der Waals surface area contributed by atoms with Crippen LogP contribution in [-0.4, -0.2) is 13.2 Å². The summed E-state index contributed by atoms with van der Waals surface area (Å²) in [7, 11) is -9.53. The molecule has 27 heavy (non-hydrogen) atoms. The van der Waals surface area contributed by atoms with Crippen LogP contribution >= 0.6 is 15.6 Å². The molecule has 0 radical (unpaired) electrons. The molecule has 0 aromatic rings. The second-order valence-electron chi connectivity index (χ2n) is 6.32. The number of rotatable bonds is 14. The maximum absolute atomic E-state index is 10.2. The van der Waals surface area contributed by atoms with Crippen LogP contribution in [0.1, 0.15) is 79.1 Å². The minimum atomic E-state index is -4.76. The zero-order valence-corrected chi connectivity index (χ0v) is 20.6. The van der Waals surface area contributed by atoms with E-state index in [1.165, 1.54) is 0 Å². The summed E-state index contributed by atoms with van der Waals surface area (Å²) in [4.78, 5) is 40.7. The molecule has 2 unspecified atom stereocenters. The van der Waals surface area contributed by atoms with Gasteiger partial charge in [0.15, 0.2) is 0 Å². The van der Waals surface area contributed by atoms with E-state index in [9.17, 15) is 28.7 Å². The van der Waals surface area contributed by atoms with Gasteiger partial charge in [-0.25, -0.2) is 0 Å². The average Bonchev–Trinajstić information content (AvgIpc) is 2.54. The first kappa shape index (κ1) is 32.6. The Hall–Kier alpha value is 0.908. The van der Waals surface area contributed by atoms with Crippen molar-refractivity contribution in [3.8, 4) is 0 Å². The topological polar surface area (TPSA) is 145 Å². The van der Waals surface area contributed by atoms with Crippen molar-refractivity contribution in [3.63, 3.8) is 0 Å². The van der Waals surface area contributed by atoms with E-state index in [0.29, 0.717) is 0 Å². The summed E-state index contributed by atoms with van der Waals surface area (Å²) in [6, 6.07) is 0. The molecular weight excluding hydrogens is 478 g/mol. The predicted molar refractivity (Wildman–Crippen MR) is 93.7 cm³/mol. The van der Waals surface area contributed by atoms with E-state index in [1.54, 1.807) is 0 Å². The van der Waals surface area contributed by atoms with Crippen molar-refractivity contribution in [3.05, 3.63) is 0 Å². The molecule has 0 amide bonds. The van der Waals surface area contributed by atoms with Crippen molar-refractivity contribution < 1.29 is 58.8 Å². The molecule has 0 rings (SSSR count). The molecule has 0 aliphatic heterocycles. The van der Waals surface area contributed by atoms with E-state index in [0.717, 1.165) is 51.4 Å². The fourth-order valence-corrected chi connectivity index (χ4v) is 2.98. The van der Waals surface area contributed by atoms with E-state index in [-0.39, 0.29) is 46.1 Å². The van der Waals surface area contributed by atoms with Crippen LogP contribution < -0.4 is 19.6 Å². The standard InChI is InChI=1S/2C8H19O4P.Mo/c2*1-3-5-6-8(4-2)7-12-13(9,10)11;/h2*8H,3-7H2,1-2H3,(H2,9,10,11);/q;;+4/p-4. The largest absolute Gasteiger partial charge is 4.00 e. The first-order valence-electron chi connectivity index (χ1n) is 9.32. The van der Waals surface area contributed by atoms with Crippen LogP contribution in [0.2, 0.25) is 0 Å². The number of hydrogen-bond donors (Lipinski definition) is 0. The number of phosphoric ester groups is 2. The molecule has 0 aliphatic carbocycles. The zero-order chi connectivity index (χ0) is 20.6. The van der Waals surface area contributed by atoms with Gasteiger partial charge in [-0.05, 0) is 24.7 Å². The van der Waals surface area contributed by atoms with Crippen LogP contribution in [0.3, 0.4) is 0 Å². The molecular formula is C16H34MoO8P2. The first-order valence-corrected chi connectivity index (χ1v) is 12.2. The molecule has 11 heteroatoms. The Bertz CT molecular complexity index is 375. The molecule has 0 saturated carbocycles. The van der Waals surface area contributed by atoms with E-state index in [2.05, 4.69) is 22.9 Å². The smallest absolute Gasteiger partial charge is 0.790 e. The van der Waals surface area contributed by atoms with Crippen LogP contribution in [0.4, 0.5) is 0 Å². The Kier molecular flexibility index (Phi) is 22.8. The van der Waals surface area contributed by atoms with E-state index >= 15 is 0 Å². The molecule has 0 N–H and O–H groups in total. The average molecular weight is 512 g/mol. The molecule has 162 valence electrons. The second-order valence-corrected chi connectivity index (χ2v) is 8.62. The summed E-state index contributed by atoms with van der Waals surface area (Å²) >= 11 is 0. The molecule has 2 atom stereocenters. The van der Waals surface area contributed by atoms with Gasteiger partial charge in [0.25, 0.3) is 0 Å². The number of hydrogen-bond acceptors (Lipinski definition) is 8. The first-order chi connectivity index (χ1) is 12.0. The fraction of sp³-hybridized carbons (Fsp3) is 1.00. The number of unbranched alkanes of at least 4 members (excludes halogenated alkanes) is 2. The Morgan fingerprint density at radius 2 is 1.00 bits per heavy atom. The minimum absolute atomic E-state index is 0. The molecule has 0 saturated heterocycles. The molecule has 0 aromatic heterocycles. The van der Waals surface area contributed by atoms with Gasteiger partial charge in [0, 0.05) is 0 Å². The Morgan fingerprint density at radius 1 is 0.704 bits per heavy atom. The van der Waals surface area contributed by atoms with Crippen LogP contribution in [0.5, 0.6) is 0 Å². The Morgan fingerprint density at radius 3 is 1.19 bits per heavy atom. The van der Waals surface area contributed by atoms with Crippen LogP contribution in [-0.2, 0) is 39.2 Å². The third-order valence-electron chi connectivity index (χ3n) is 4.02. The maximum atomic E-state index is 10.2. The Labute approximate surface area is 178 Å². The third-order valence-corrected chi connectivity index (χ3v) is 4.95. The molecule has 0 spiro atoms. The summed E-state index contributed by atoms with van der Waals surface area (Å²) in [5.41, 5.74) is 0. The quantitative estimate of drug-likeness (QED) is 0.254. The summed E-state index contributed by atoms with van der Waals surface area (Å²) in [5.74, 6) is 0.382. The van der Waals surface area contributed by atoms with Gasteiger partial charge in [-0.15, -0.1) is 0 Å². The molecule has 0 aromatic carbocycles. The maximum Gasteiger partial charge on any atom is 4.00 e. The van der Waals surface area contributed by atoms with Crippen LogP contribution in [0.15, 0.2) is 0 Å². The van der Waals surface area contributed by atoms with Gasteiger partial charge in [-0.3, -0.25) is 0 Å². The van der Waals surface area contributed by atoms with E-state index in [1.807, 2.05) is 13.8 Å². The van der Waals surface area contributed by atoms with Crippen LogP contribution in [0.25, 0.3) is 0 Å². The van der Waals surface area contributed by atoms with E-state index < -0.39 is 15.6 Å². The van der Waals surface area contributed by atoms with Crippen molar-refractivity contribution in [2.45, 2.75) is 79.1 Å². The molecule has 0 fully saturated rings. The van der Waals surface area contributed by atoms with Crippen molar-refractivity contribution in [1.82, 2.24) is 0 Å². The van der Waals surface area contributed by atoms with Gasteiger partial charge in [-0.2, -0.15) is 0 Å². The van der Waals surface area contributed by atoms with Crippen molar-refractivity contribution >= 4 is 15.6 Å². The van der Waals surface area contributed by atoms with Crippen LogP contribution in [0, 0.1) is 11.8 Å². The van der Waals surface area contributed by atoms with Crippen molar-refractivity contribution in [1.29, 1.82) is 0 Å². The van der Waals surface area contributed by atoms with Gasteiger partial charge in [0.05, 0.1) is 28.9 Å². The van der Waals surface area contributed by atoms with Crippen molar-refractivity contribution in [2.75, 3.05) is 13.2 Å². The van der Waals surface area contributed by atoms with Crippen molar-refractivity contribution in [2.24, 2.45) is 11.8 Å². The fourth-order valence-electron chi connectivity index (χ4n) is 2.19. The number of phosphoric acid groups is 2. The molecule has 0 aliphatic rings. The summed E-state index contributed by atoms with van der Waals surface area (Å²) in [6.45, 7) is 8.15. The zero-order valence-electron chi connectivity index (χ0n) is 16.8. The third kappa shape index (κ3) is 26.9. The molecule has 0 bridgehead atoms. The van der Waals surface area contributed by atoms with Gasteiger partial charge in [-0.1, -0.05) is 66.2 Å². The summed E-state index contributed by atoms with van der Waals surface area (Å²) < 4.78 is 28.8. The summed E-state index contributed by atoms with van der Waals surface area (Å²) in [5, 5.41) is 0. The predicted octanol–water partition coefficient (Wildman–Crippen LogP) is 2.09. The van der Waals surface area contributed by atoms with Gasteiger partial charge >= 0.3 is 21.1 Å².